The normalized spacial score (nSPS) is 12.0. The lowest BCUT2D eigenvalue weighted by Crippen LogP contribution is -2.32. The molecule has 0 saturated carbocycles. The highest BCUT2D eigenvalue weighted by Crippen LogP contribution is 2.28. The number of aromatic nitrogens is 1. The average molecular weight is 313 g/mol. The molecule has 1 aromatic rings. The highest BCUT2D eigenvalue weighted by Gasteiger charge is 2.33. The summed E-state index contributed by atoms with van der Waals surface area (Å²) in [4.78, 5) is 18.8. The Morgan fingerprint density at radius 2 is 2.19 bits per heavy atom. The van der Waals surface area contributed by atoms with E-state index in [0.29, 0.717) is 12.6 Å². The van der Waals surface area contributed by atoms with Crippen molar-refractivity contribution in [1.29, 1.82) is 0 Å². The van der Waals surface area contributed by atoms with Gasteiger partial charge in [-0.05, 0) is 41.7 Å². The molecule has 21 heavy (non-hydrogen) atoms. The van der Waals surface area contributed by atoms with Gasteiger partial charge in [-0.3, -0.25) is 4.79 Å². The topological polar surface area (TPSA) is 54.5 Å². The van der Waals surface area contributed by atoms with Crippen LogP contribution in [-0.2, 0) is 14.9 Å². The van der Waals surface area contributed by atoms with Crippen molar-refractivity contribution in [3.8, 4) is 0 Å². The lowest BCUT2D eigenvalue weighted by Gasteiger charge is -2.21. The molecule has 0 unspecified atom stereocenters. The monoisotopic (exact) mass is 313 g/mol. The third-order valence-electron chi connectivity index (χ3n) is 3.55. The molecule has 0 aliphatic heterocycles. The van der Waals surface area contributed by atoms with Crippen LogP contribution < -0.4 is 5.32 Å². The number of hydrogen-bond acceptors (Lipinski definition) is 6. The minimum absolute atomic E-state index is 0.235. The Balaban J connectivity index is 2.58. The standard InChI is InChI=1S/C15H27N3O2S/c1-7-20-13(19)15(4,5)12-10-21-14(17-12)16-8-9-18(6)11(2)3/h10-11H,7-9H2,1-6H3,(H,16,17). The van der Waals surface area contributed by atoms with Gasteiger partial charge < -0.3 is 15.0 Å². The van der Waals surface area contributed by atoms with E-state index in [1.165, 1.54) is 11.3 Å². The molecule has 0 aliphatic rings. The summed E-state index contributed by atoms with van der Waals surface area (Å²) in [5.41, 5.74) is 0.0481. The van der Waals surface area contributed by atoms with E-state index in [-0.39, 0.29) is 5.97 Å². The predicted octanol–water partition coefficient (Wildman–Crippen LogP) is 2.74. The van der Waals surface area contributed by atoms with Crippen LogP contribution in [0.15, 0.2) is 5.38 Å². The number of esters is 1. The number of thiazole rings is 1. The second-order valence-corrected chi connectivity index (χ2v) is 6.74. The highest BCUT2D eigenvalue weighted by molar-refractivity contribution is 7.13. The minimum Gasteiger partial charge on any atom is -0.465 e. The number of nitrogens with zero attached hydrogens (tertiary/aromatic N) is 2. The van der Waals surface area contributed by atoms with Crippen LogP contribution in [0.1, 0.15) is 40.3 Å². The molecule has 0 bridgehead atoms. The van der Waals surface area contributed by atoms with Crippen LogP contribution in [0.2, 0.25) is 0 Å². The summed E-state index contributed by atoms with van der Waals surface area (Å²) < 4.78 is 5.11. The van der Waals surface area contributed by atoms with E-state index in [0.717, 1.165) is 23.9 Å². The molecule has 5 nitrogen and oxygen atoms in total. The SMILES string of the molecule is CCOC(=O)C(C)(C)c1csc(NCCN(C)C(C)C)n1. The summed E-state index contributed by atoms with van der Waals surface area (Å²) in [5, 5.41) is 6.08. The fourth-order valence-corrected chi connectivity index (χ4v) is 2.56. The molecule has 0 saturated heterocycles. The van der Waals surface area contributed by atoms with E-state index in [2.05, 4.69) is 36.1 Å². The fraction of sp³-hybridized carbons (Fsp3) is 0.733. The van der Waals surface area contributed by atoms with Crippen molar-refractivity contribution >= 4 is 22.4 Å². The Bertz CT molecular complexity index is 458. The number of anilines is 1. The van der Waals surface area contributed by atoms with Crippen molar-refractivity contribution in [1.82, 2.24) is 9.88 Å². The number of hydrogen-bond donors (Lipinski definition) is 1. The van der Waals surface area contributed by atoms with Gasteiger partial charge in [0.1, 0.15) is 5.41 Å². The second kappa shape index (κ2) is 7.75. The summed E-state index contributed by atoms with van der Waals surface area (Å²) in [6, 6.07) is 0.529. The molecule has 0 spiro atoms. The average Bonchev–Trinajstić information content (AvgIpc) is 2.88. The van der Waals surface area contributed by atoms with Gasteiger partial charge in [0, 0.05) is 24.5 Å². The molecule has 1 N–H and O–H groups in total. The fourth-order valence-electron chi connectivity index (χ4n) is 1.66. The van der Waals surface area contributed by atoms with Crippen LogP contribution in [0, 0.1) is 0 Å². The van der Waals surface area contributed by atoms with Gasteiger partial charge >= 0.3 is 5.97 Å². The number of rotatable bonds is 8. The van der Waals surface area contributed by atoms with E-state index in [4.69, 9.17) is 4.74 Å². The summed E-state index contributed by atoms with van der Waals surface area (Å²) in [6.07, 6.45) is 0. The van der Waals surface area contributed by atoms with E-state index in [1.807, 2.05) is 26.2 Å². The van der Waals surface area contributed by atoms with Crippen LogP contribution in [0.5, 0.6) is 0 Å². The van der Waals surface area contributed by atoms with E-state index < -0.39 is 5.41 Å². The Hall–Kier alpha value is -1.14. The zero-order valence-electron chi connectivity index (χ0n) is 13.9. The molecule has 0 radical (unpaired) electrons. The van der Waals surface area contributed by atoms with E-state index in [1.54, 1.807) is 0 Å². The Kier molecular flexibility index (Phi) is 6.61. The first-order valence-electron chi connectivity index (χ1n) is 7.36. The third kappa shape index (κ3) is 4.97. The van der Waals surface area contributed by atoms with Gasteiger partial charge in [0.15, 0.2) is 5.13 Å². The molecule has 0 aromatic carbocycles. The lowest BCUT2D eigenvalue weighted by atomic mass is 9.90. The predicted molar refractivity (Wildman–Crippen MR) is 88.0 cm³/mol. The Morgan fingerprint density at radius 3 is 2.76 bits per heavy atom. The van der Waals surface area contributed by atoms with Gasteiger partial charge in [-0.2, -0.15) is 0 Å². The zero-order valence-corrected chi connectivity index (χ0v) is 14.7. The van der Waals surface area contributed by atoms with Gasteiger partial charge in [-0.25, -0.2) is 4.98 Å². The first-order valence-corrected chi connectivity index (χ1v) is 8.24. The van der Waals surface area contributed by atoms with Crippen molar-refractivity contribution in [2.75, 3.05) is 32.1 Å². The minimum atomic E-state index is -0.707. The van der Waals surface area contributed by atoms with Crippen molar-refractivity contribution < 1.29 is 9.53 Å². The maximum atomic E-state index is 12.0. The number of ether oxygens (including phenoxy) is 1. The zero-order chi connectivity index (χ0) is 16.0. The maximum absolute atomic E-state index is 12.0. The van der Waals surface area contributed by atoms with Crippen molar-refractivity contribution in [2.24, 2.45) is 0 Å². The van der Waals surface area contributed by atoms with Crippen LogP contribution in [-0.4, -0.2) is 48.6 Å². The quantitative estimate of drug-likeness (QED) is 0.748. The molecule has 0 atom stereocenters. The van der Waals surface area contributed by atoms with Gasteiger partial charge in [0.25, 0.3) is 0 Å². The number of nitrogens with one attached hydrogen (secondary N) is 1. The summed E-state index contributed by atoms with van der Waals surface area (Å²) in [7, 11) is 2.10. The molecule has 1 aromatic heterocycles. The molecule has 6 heteroatoms. The van der Waals surface area contributed by atoms with Crippen molar-refractivity contribution in [2.45, 2.75) is 46.1 Å². The smallest absolute Gasteiger partial charge is 0.317 e. The Morgan fingerprint density at radius 1 is 1.52 bits per heavy atom. The highest BCUT2D eigenvalue weighted by atomic mass is 32.1. The first kappa shape index (κ1) is 17.9. The first-order chi connectivity index (χ1) is 9.78. The van der Waals surface area contributed by atoms with Gasteiger partial charge in [-0.15, -0.1) is 11.3 Å². The van der Waals surface area contributed by atoms with Crippen LogP contribution >= 0.6 is 11.3 Å². The molecule has 0 aliphatic carbocycles. The largest absolute Gasteiger partial charge is 0.465 e. The summed E-state index contributed by atoms with van der Waals surface area (Å²) in [6.45, 7) is 12.0. The third-order valence-corrected chi connectivity index (χ3v) is 4.35. The molecule has 0 fully saturated rings. The van der Waals surface area contributed by atoms with Crippen LogP contribution in [0.25, 0.3) is 0 Å². The molecular weight excluding hydrogens is 286 g/mol. The number of carbonyl (C=O) groups excluding carboxylic acids is 1. The van der Waals surface area contributed by atoms with Crippen molar-refractivity contribution in [3.05, 3.63) is 11.1 Å². The second-order valence-electron chi connectivity index (χ2n) is 5.88. The van der Waals surface area contributed by atoms with Gasteiger partial charge in [0.05, 0.1) is 12.3 Å². The molecular formula is C15H27N3O2S. The summed E-state index contributed by atoms with van der Waals surface area (Å²) in [5.74, 6) is -0.235. The number of likely N-dealkylation sites (N-methyl/N-ethyl adjacent to an activating group) is 1. The maximum Gasteiger partial charge on any atom is 0.317 e. The molecule has 1 heterocycles. The molecule has 1 rings (SSSR count). The van der Waals surface area contributed by atoms with Crippen LogP contribution in [0.4, 0.5) is 5.13 Å². The van der Waals surface area contributed by atoms with E-state index >= 15 is 0 Å². The summed E-state index contributed by atoms with van der Waals surface area (Å²) >= 11 is 1.52. The Labute approximate surface area is 131 Å². The van der Waals surface area contributed by atoms with Crippen LogP contribution in [0.3, 0.4) is 0 Å². The lowest BCUT2D eigenvalue weighted by molar-refractivity contribution is -0.148. The molecule has 0 amide bonds. The van der Waals surface area contributed by atoms with Gasteiger partial charge in [0.2, 0.25) is 0 Å². The van der Waals surface area contributed by atoms with E-state index in [9.17, 15) is 4.79 Å². The van der Waals surface area contributed by atoms with Crippen molar-refractivity contribution in [3.63, 3.8) is 0 Å². The van der Waals surface area contributed by atoms with Gasteiger partial charge in [-0.1, -0.05) is 0 Å². The number of carbonyl (C=O) groups is 1. The molecule has 120 valence electrons.